The third kappa shape index (κ3) is 5.88. The highest BCUT2D eigenvalue weighted by Crippen LogP contribution is 2.21. The number of carbonyl (C=O) groups excluding carboxylic acids is 2. The van der Waals surface area contributed by atoms with Crippen LogP contribution in [0.1, 0.15) is 32.4 Å². The normalized spacial score (nSPS) is 9.59. The highest BCUT2D eigenvalue weighted by molar-refractivity contribution is 5.97. The van der Waals surface area contributed by atoms with Crippen molar-refractivity contribution < 1.29 is 9.59 Å². The molecule has 164 valence electrons. The molecule has 0 aliphatic rings. The van der Waals surface area contributed by atoms with Crippen molar-refractivity contribution >= 4 is 11.8 Å². The van der Waals surface area contributed by atoms with Crippen molar-refractivity contribution in [2.45, 2.75) is 0 Å². The van der Waals surface area contributed by atoms with E-state index >= 15 is 0 Å². The van der Waals surface area contributed by atoms with Gasteiger partial charge in [-0.2, -0.15) is 10.5 Å². The van der Waals surface area contributed by atoms with E-state index < -0.39 is 11.8 Å². The van der Waals surface area contributed by atoms with Crippen LogP contribution < -0.4 is 11.5 Å². The van der Waals surface area contributed by atoms with Crippen LogP contribution in [0.25, 0.3) is 22.3 Å². The first-order valence-corrected chi connectivity index (χ1v) is 9.96. The Morgan fingerprint density at radius 1 is 0.588 bits per heavy atom. The lowest BCUT2D eigenvalue weighted by Crippen LogP contribution is -2.18. The Balaban J connectivity index is 0.000000192. The van der Waals surface area contributed by atoms with E-state index in [0.717, 1.165) is 16.7 Å². The summed E-state index contributed by atoms with van der Waals surface area (Å²) in [5.74, 6) is -1.40. The zero-order chi connectivity index (χ0) is 24.5. The molecule has 2 aromatic carbocycles. The summed E-state index contributed by atoms with van der Waals surface area (Å²) in [4.78, 5) is 30.0. The number of carbonyl (C=O) groups is 2. The highest BCUT2D eigenvalue weighted by Gasteiger charge is 2.11. The number of amides is 2. The molecule has 0 saturated carbocycles. The van der Waals surface area contributed by atoms with Gasteiger partial charge in [-0.25, -0.2) is 9.97 Å². The van der Waals surface area contributed by atoms with Crippen molar-refractivity contribution in [3.05, 3.63) is 108 Å². The maximum atomic E-state index is 11.2. The van der Waals surface area contributed by atoms with Crippen molar-refractivity contribution in [1.82, 2.24) is 9.97 Å². The summed E-state index contributed by atoms with van der Waals surface area (Å²) < 4.78 is 0. The van der Waals surface area contributed by atoms with Gasteiger partial charge in [0.25, 0.3) is 11.8 Å². The van der Waals surface area contributed by atoms with E-state index in [-0.39, 0.29) is 22.8 Å². The van der Waals surface area contributed by atoms with Crippen molar-refractivity contribution in [3.63, 3.8) is 0 Å². The van der Waals surface area contributed by atoms with Gasteiger partial charge in [0.15, 0.2) is 0 Å². The van der Waals surface area contributed by atoms with Gasteiger partial charge in [0.05, 0.1) is 0 Å². The molecule has 8 nitrogen and oxygen atoms in total. The third-order valence-electron chi connectivity index (χ3n) is 4.60. The Labute approximate surface area is 195 Å². The fourth-order valence-corrected chi connectivity index (χ4v) is 3.02. The van der Waals surface area contributed by atoms with E-state index in [9.17, 15) is 9.59 Å². The molecule has 4 aromatic rings. The second kappa shape index (κ2) is 10.8. The molecule has 4 N–H and O–H groups in total. The minimum Gasteiger partial charge on any atom is -0.364 e. The maximum Gasteiger partial charge on any atom is 0.267 e. The van der Waals surface area contributed by atoms with Gasteiger partial charge in [0.2, 0.25) is 0 Å². The predicted octanol–water partition coefficient (Wildman–Crippen LogP) is 3.44. The lowest BCUT2D eigenvalue weighted by atomic mass is 10.0. The Kier molecular flexibility index (Phi) is 7.41. The van der Waals surface area contributed by atoms with Gasteiger partial charge in [-0.05, 0) is 46.5 Å². The van der Waals surface area contributed by atoms with Crippen molar-refractivity contribution in [2.24, 2.45) is 11.5 Å². The lowest BCUT2D eigenvalue weighted by Gasteiger charge is -2.05. The minimum atomic E-state index is -0.699. The predicted molar refractivity (Wildman–Crippen MR) is 126 cm³/mol. The number of primary amides is 2. The molecule has 0 aliphatic heterocycles. The number of nitrogens with zero attached hydrogens (tertiary/aromatic N) is 4. The molecule has 0 aliphatic carbocycles. The van der Waals surface area contributed by atoms with E-state index in [1.807, 2.05) is 72.8 Å². The van der Waals surface area contributed by atoms with Crippen LogP contribution in [0.2, 0.25) is 0 Å². The molecule has 0 atom stereocenters. The molecule has 0 fully saturated rings. The quantitative estimate of drug-likeness (QED) is 0.488. The molecule has 2 aromatic heterocycles. The zero-order valence-corrected chi connectivity index (χ0v) is 17.8. The fraction of sp³-hybridized carbons (Fsp3) is 0. The van der Waals surface area contributed by atoms with E-state index in [4.69, 9.17) is 22.0 Å². The minimum absolute atomic E-state index is 0.0187. The fourth-order valence-electron chi connectivity index (χ4n) is 3.02. The summed E-state index contributed by atoms with van der Waals surface area (Å²) in [6, 6.07) is 29.2. The molecule has 0 bridgehead atoms. The van der Waals surface area contributed by atoms with Crippen molar-refractivity contribution in [2.75, 3.05) is 0 Å². The molecule has 0 unspecified atom stereocenters. The van der Waals surface area contributed by atoms with Gasteiger partial charge in [0, 0.05) is 0 Å². The van der Waals surface area contributed by atoms with E-state index in [1.54, 1.807) is 12.1 Å². The Morgan fingerprint density at radius 3 is 1.32 bits per heavy atom. The average Bonchev–Trinajstić information content (AvgIpc) is 2.89. The molecule has 8 heteroatoms. The summed E-state index contributed by atoms with van der Waals surface area (Å²) >= 11 is 0. The van der Waals surface area contributed by atoms with E-state index in [1.165, 1.54) is 12.1 Å². The summed E-state index contributed by atoms with van der Waals surface area (Å²) in [5, 5.41) is 17.6. The van der Waals surface area contributed by atoms with Gasteiger partial charge in [-0.15, -0.1) is 0 Å². The lowest BCUT2D eigenvalue weighted by molar-refractivity contribution is 0.0992. The van der Waals surface area contributed by atoms with Crippen LogP contribution in [0.5, 0.6) is 0 Å². The number of aromatic nitrogens is 2. The molecule has 34 heavy (non-hydrogen) atoms. The van der Waals surface area contributed by atoms with Crippen LogP contribution in [0.3, 0.4) is 0 Å². The van der Waals surface area contributed by atoms with Gasteiger partial charge >= 0.3 is 0 Å². The third-order valence-corrected chi connectivity index (χ3v) is 4.60. The monoisotopic (exact) mass is 446 g/mol. The van der Waals surface area contributed by atoms with Crippen molar-refractivity contribution in [3.8, 4) is 34.4 Å². The number of benzene rings is 2. The molecular weight excluding hydrogens is 428 g/mol. The smallest absolute Gasteiger partial charge is 0.267 e. The Bertz CT molecular complexity index is 1360. The van der Waals surface area contributed by atoms with E-state index in [2.05, 4.69) is 9.97 Å². The Morgan fingerprint density at radius 2 is 0.971 bits per heavy atom. The Hall–Kier alpha value is -5.34. The number of nitrogens with two attached hydrogens (primary N) is 2. The van der Waals surface area contributed by atoms with Crippen LogP contribution in [-0.4, -0.2) is 21.8 Å². The van der Waals surface area contributed by atoms with Crippen molar-refractivity contribution in [1.29, 1.82) is 10.5 Å². The zero-order valence-electron chi connectivity index (χ0n) is 17.8. The molecule has 2 heterocycles. The number of hydrogen-bond donors (Lipinski definition) is 2. The van der Waals surface area contributed by atoms with Crippen LogP contribution in [0.15, 0.2) is 84.9 Å². The highest BCUT2D eigenvalue weighted by atomic mass is 16.1. The van der Waals surface area contributed by atoms with Gasteiger partial charge < -0.3 is 11.5 Å². The molecule has 0 saturated heterocycles. The molecule has 0 radical (unpaired) electrons. The first-order valence-electron chi connectivity index (χ1n) is 9.96. The summed E-state index contributed by atoms with van der Waals surface area (Å²) in [6.07, 6.45) is 0. The molecule has 4 rings (SSSR count). The SMILES string of the molecule is N#Cc1cc(-c2ccccc2)cc(C#N)n1.NC(=O)c1cc(-c2ccccc2)cc(C(N)=O)n1. The molecular formula is C26H18N6O2. The maximum absolute atomic E-state index is 11.2. The van der Waals surface area contributed by atoms with Crippen LogP contribution in [0.4, 0.5) is 0 Å². The first-order chi connectivity index (χ1) is 16.4. The first kappa shape index (κ1) is 23.3. The van der Waals surface area contributed by atoms with Gasteiger partial charge in [0.1, 0.15) is 34.9 Å². The van der Waals surface area contributed by atoms with Crippen LogP contribution >= 0.6 is 0 Å². The number of rotatable bonds is 4. The summed E-state index contributed by atoms with van der Waals surface area (Å²) in [6.45, 7) is 0. The largest absolute Gasteiger partial charge is 0.364 e. The molecule has 0 spiro atoms. The number of pyridine rings is 2. The number of hydrogen-bond acceptors (Lipinski definition) is 6. The summed E-state index contributed by atoms with van der Waals surface area (Å²) in [7, 11) is 0. The molecule has 2 amide bonds. The second-order valence-corrected chi connectivity index (χ2v) is 6.94. The topological polar surface area (TPSA) is 160 Å². The second-order valence-electron chi connectivity index (χ2n) is 6.94. The van der Waals surface area contributed by atoms with Crippen LogP contribution in [-0.2, 0) is 0 Å². The van der Waals surface area contributed by atoms with Gasteiger partial charge in [-0.3, -0.25) is 9.59 Å². The van der Waals surface area contributed by atoms with Crippen LogP contribution in [0, 0.1) is 22.7 Å². The van der Waals surface area contributed by atoms with Gasteiger partial charge in [-0.1, -0.05) is 60.7 Å². The average molecular weight is 446 g/mol. The van der Waals surface area contributed by atoms with E-state index in [0.29, 0.717) is 5.56 Å². The standard InChI is InChI=1S/C13H11N3O2.C13H7N3/c14-12(17)10-6-9(7-11(16-10)13(15)18)8-4-2-1-3-5-8;14-8-12-6-11(7-13(9-15)16-12)10-4-2-1-3-5-10/h1-7H,(H2,14,17)(H2,15,18);1-7H. The summed E-state index contributed by atoms with van der Waals surface area (Å²) in [5.41, 5.74) is 14.2. The number of nitriles is 2.